The highest BCUT2D eigenvalue weighted by Gasteiger charge is 2.17. The van der Waals surface area contributed by atoms with Gasteiger partial charge >= 0.3 is 7.60 Å². The summed E-state index contributed by atoms with van der Waals surface area (Å²) in [5, 5.41) is -0.101. The van der Waals surface area contributed by atoms with Gasteiger partial charge in [0.15, 0.2) is 11.2 Å². The number of benzene rings is 1. The lowest BCUT2D eigenvalue weighted by Gasteiger charge is -2.09. The number of rotatable bonds is 5. The van der Waals surface area contributed by atoms with E-state index in [1.807, 2.05) is 0 Å². The second kappa shape index (κ2) is 5.96. The lowest BCUT2D eigenvalue weighted by molar-refractivity contribution is 0.300. The van der Waals surface area contributed by atoms with Gasteiger partial charge in [-0.3, -0.25) is 9.36 Å². The molecule has 10 heteroatoms. The van der Waals surface area contributed by atoms with Crippen molar-refractivity contribution in [3.05, 3.63) is 47.3 Å². The molecule has 0 saturated heterocycles. The molecule has 0 aliphatic heterocycles. The first-order valence-corrected chi connectivity index (χ1v) is 8.24. The van der Waals surface area contributed by atoms with Crippen molar-refractivity contribution in [3.63, 3.8) is 0 Å². The smallest absolute Gasteiger partial charge is 0.356 e. The summed E-state index contributed by atoms with van der Waals surface area (Å²) in [6.07, 6.45) is 2.79. The monoisotopic (exact) mass is 336 g/mol. The number of H-pyrrole nitrogens is 1. The van der Waals surface area contributed by atoms with Crippen molar-refractivity contribution >= 4 is 24.1 Å². The maximum Gasteiger partial charge on any atom is 0.356 e. The molecule has 0 saturated carbocycles. The van der Waals surface area contributed by atoms with Crippen molar-refractivity contribution in [3.8, 4) is 5.75 Å². The third-order valence-corrected chi connectivity index (χ3v) is 4.11. The summed E-state index contributed by atoms with van der Waals surface area (Å²) in [5.41, 5.74) is 0.376. The highest BCUT2D eigenvalue weighted by Crippen LogP contribution is 2.34. The molecule has 0 amide bonds. The first-order chi connectivity index (χ1) is 10.9. The Kier molecular flexibility index (Phi) is 3.99. The lowest BCUT2D eigenvalue weighted by Crippen LogP contribution is -2.11. The molecule has 9 nitrogen and oxygen atoms in total. The Balaban J connectivity index is 1.71. The lowest BCUT2D eigenvalue weighted by atomic mass is 10.3. The van der Waals surface area contributed by atoms with Gasteiger partial charge in [0.05, 0.1) is 24.5 Å². The van der Waals surface area contributed by atoms with E-state index in [0.717, 1.165) is 0 Å². The summed E-state index contributed by atoms with van der Waals surface area (Å²) in [7, 11) is -4.31. The van der Waals surface area contributed by atoms with Crippen molar-refractivity contribution in [2.45, 2.75) is 6.54 Å². The summed E-state index contributed by atoms with van der Waals surface area (Å²) in [4.78, 5) is 40.3. The molecule has 0 bridgehead atoms. The summed E-state index contributed by atoms with van der Waals surface area (Å²) < 4.78 is 18.4. The van der Waals surface area contributed by atoms with Crippen molar-refractivity contribution in [1.82, 2.24) is 19.5 Å². The minimum atomic E-state index is -4.31. The molecule has 3 aromatic rings. The van der Waals surface area contributed by atoms with Crippen LogP contribution in [0.3, 0.4) is 0 Å². The maximum absolute atomic E-state index is 11.5. The number of aromatic amines is 1. The molecule has 2 aromatic heterocycles. The van der Waals surface area contributed by atoms with Crippen molar-refractivity contribution < 1.29 is 19.1 Å². The number of hydrogen-bond donors (Lipinski definition) is 3. The van der Waals surface area contributed by atoms with Gasteiger partial charge in [-0.1, -0.05) is 6.07 Å². The molecule has 2 heterocycles. The summed E-state index contributed by atoms with van der Waals surface area (Å²) >= 11 is 0. The molecular weight excluding hydrogens is 323 g/mol. The Bertz CT molecular complexity index is 945. The SMILES string of the molecule is O=c1[nH]cnc2c1ncn2CCOc1cccc(P(=O)(O)O)c1. The average Bonchev–Trinajstić information content (AvgIpc) is 2.92. The quantitative estimate of drug-likeness (QED) is 0.559. The molecule has 0 radical (unpaired) electrons. The third-order valence-electron chi connectivity index (χ3n) is 3.16. The van der Waals surface area contributed by atoms with Crippen molar-refractivity contribution in [2.24, 2.45) is 0 Å². The standard InChI is InChI=1S/C13H13N4O5P/c18-13-11-12(14-7-15-13)17(8-16-11)4-5-22-9-2-1-3-10(6-9)23(19,20)21/h1-3,6-8H,4-5H2,(H,14,15,18)(H2,19,20,21). The van der Waals surface area contributed by atoms with E-state index in [1.165, 1.54) is 30.9 Å². The second-order valence-corrected chi connectivity index (χ2v) is 6.34. The van der Waals surface area contributed by atoms with E-state index in [0.29, 0.717) is 17.9 Å². The zero-order valence-corrected chi connectivity index (χ0v) is 12.7. The molecule has 120 valence electrons. The molecule has 0 aliphatic rings. The highest BCUT2D eigenvalue weighted by atomic mass is 31.2. The minimum absolute atomic E-state index is 0.101. The van der Waals surface area contributed by atoms with Crippen LogP contribution in [-0.2, 0) is 11.1 Å². The number of aromatic nitrogens is 4. The molecule has 3 N–H and O–H groups in total. The molecular formula is C13H13N4O5P. The van der Waals surface area contributed by atoms with Gasteiger partial charge in [-0.2, -0.15) is 0 Å². The third kappa shape index (κ3) is 3.31. The normalized spacial score (nSPS) is 11.7. The van der Waals surface area contributed by atoms with Gasteiger partial charge in [-0.25, -0.2) is 9.97 Å². The average molecular weight is 336 g/mol. The Morgan fingerprint density at radius 2 is 2.13 bits per heavy atom. The van der Waals surface area contributed by atoms with E-state index in [1.54, 1.807) is 10.6 Å². The van der Waals surface area contributed by atoms with Crippen molar-refractivity contribution in [2.75, 3.05) is 6.61 Å². The Hall–Kier alpha value is -2.48. The van der Waals surface area contributed by atoms with Crippen molar-refractivity contribution in [1.29, 1.82) is 0 Å². The van der Waals surface area contributed by atoms with Gasteiger partial charge in [0.25, 0.3) is 5.56 Å². The van der Waals surface area contributed by atoms with Gasteiger partial charge in [-0.15, -0.1) is 0 Å². The van der Waals surface area contributed by atoms with Crippen LogP contribution in [0.2, 0.25) is 0 Å². The van der Waals surface area contributed by atoms with Gasteiger partial charge in [-0.05, 0) is 18.2 Å². The summed E-state index contributed by atoms with van der Waals surface area (Å²) in [6.45, 7) is 0.609. The van der Waals surface area contributed by atoms with Crippen LogP contribution >= 0.6 is 7.60 Å². The van der Waals surface area contributed by atoms with E-state index in [2.05, 4.69) is 15.0 Å². The van der Waals surface area contributed by atoms with Crippen LogP contribution in [0.4, 0.5) is 0 Å². The van der Waals surface area contributed by atoms with Crippen LogP contribution in [0.25, 0.3) is 11.2 Å². The first-order valence-electron chi connectivity index (χ1n) is 6.62. The molecule has 1 aromatic carbocycles. The number of imidazole rings is 1. The predicted octanol–water partition coefficient (Wildman–Crippen LogP) is 0.00160. The van der Waals surface area contributed by atoms with Crippen LogP contribution in [-0.4, -0.2) is 35.9 Å². The number of ether oxygens (including phenoxy) is 1. The number of hydrogen-bond acceptors (Lipinski definition) is 5. The topological polar surface area (TPSA) is 130 Å². The molecule has 0 aliphatic carbocycles. The maximum atomic E-state index is 11.5. The van der Waals surface area contributed by atoms with Crippen LogP contribution in [0.1, 0.15) is 0 Å². The zero-order valence-electron chi connectivity index (χ0n) is 11.8. The molecule has 0 spiro atoms. The molecule has 3 rings (SSSR count). The van der Waals surface area contributed by atoms with E-state index in [4.69, 9.17) is 14.5 Å². The van der Waals surface area contributed by atoms with Crippen LogP contribution in [0.5, 0.6) is 5.75 Å². The fourth-order valence-electron chi connectivity index (χ4n) is 2.07. The predicted molar refractivity (Wildman–Crippen MR) is 81.8 cm³/mol. The fraction of sp³-hybridized carbons (Fsp3) is 0.154. The van der Waals surface area contributed by atoms with E-state index < -0.39 is 7.60 Å². The Morgan fingerprint density at radius 3 is 2.91 bits per heavy atom. The van der Waals surface area contributed by atoms with E-state index in [-0.39, 0.29) is 23.0 Å². The van der Waals surface area contributed by atoms with Gasteiger partial charge < -0.3 is 24.1 Å². The number of nitrogens with zero attached hydrogens (tertiary/aromatic N) is 3. The van der Waals surface area contributed by atoms with Gasteiger partial charge in [0.2, 0.25) is 0 Å². The molecule has 0 unspecified atom stereocenters. The van der Waals surface area contributed by atoms with Crippen LogP contribution < -0.4 is 15.6 Å². The highest BCUT2D eigenvalue weighted by molar-refractivity contribution is 7.60. The van der Waals surface area contributed by atoms with Gasteiger partial charge in [0.1, 0.15) is 12.4 Å². The zero-order chi connectivity index (χ0) is 16.4. The molecule has 0 atom stereocenters. The first kappa shape index (κ1) is 15.4. The van der Waals surface area contributed by atoms with Gasteiger partial charge in [0, 0.05) is 0 Å². The van der Waals surface area contributed by atoms with E-state index >= 15 is 0 Å². The minimum Gasteiger partial charge on any atom is -0.492 e. The number of nitrogens with one attached hydrogen (secondary N) is 1. The van der Waals surface area contributed by atoms with Crippen LogP contribution in [0.15, 0.2) is 41.7 Å². The molecule has 23 heavy (non-hydrogen) atoms. The fourth-order valence-corrected chi connectivity index (χ4v) is 2.65. The Labute approximate surface area is 129 Å². The Morgan fingerprint density at radius 1 is 1.30 bits per heavy atom. The number of fused-ring (bicyclic) bond motifs is 1. The summed E-state index contributed by atoms with van der Waals surface area (Å²) in [5.74, 6) is 0.348. The van der Waals surface area contributed by atoms with Crippen LogP contribution in [0, 0.1) is 0 Å². The molecule has 0 fully saturated rings. The second-order valence-electron chi connectivity index (χ2n) is 4.73. The largest absolute Gasteiger partial charge is 0.492 e. The van der Waals surface area contributed by atoms with E-state index in [9.17, 15) is 9.36 Å². The summed E-state index contributed by atoms with van der Waals surface area (Å²) in [6, 6.07) is 5.76.